The van der Waals surface area contributed by atoms with E-state index in [1.807, 2.05) is 6.07 Å². The van der Waals surface area contributed by atoms with Gasteiger partial charge in [0.05, 0.1) is 22.7 Å². The maximum atomic E-state index is 12.5. The Hall–Kier alpha value is -1.09. The molecule has 0 amide bonds. The minimum atomic E-state index is -4.44. The minimum Gasteiger partial charge on any atom is -0.244 e. The molecule has 1 heterocycles. The number of nitrogens with zero attached hydrogens (tertiary/aromatic N) is 2. The summed E-state index contributed by atoms with van der Waals surface area (Å²) in [7, 11) is 0. The SMILES string of the molecule is CC(C)(C#N)c1cc(C(F)(F)F)cc(Br)n1. The van der Waals surface area contributed by atoms with Crippen LogP contribution in [0.2, 0.25) is 0 Å². The van der Waals surface area contributed by atoms with Crippen LogP contribution in [0.1, 0.15) is 25.1 Å². The first-order valence-corrected chi connectivity index (χ1v) is 5.12. The van der Waals surface area contributed by atoms with Crippen molar-refractivity contribution in [3.8, 4) is 6.07 Å². The fourth-order valence-electron chi connectivity index (χ4n) is 1.04. The summed E-state index contributed by atoms with van der Waals surface area (Å²) in [6, 6.07) is 3.70. The zero-order chi connectivity index (χ0) is 12.6. The lowest BCUT2D eigenvalue weighted by atomic mass is 9.90. The van der Waals surface area contributed by atoms with Crippen molar-refractivity contribution in [2.45, 2.75) is 25.4 Å². The monoisotopic (exact) mass is 292 g/mol. The van der Waals surface area contributed by atoms with E-state index in [0.717, 1.165) is 12.1 Å². The topological polar surface area (TPSA) is 36.7 Å². The highest BCUT2D eigenvalue weighted by molar-refractivity contribution is 9.10. The van der Waals surface area contributed by atoms with Gasteiger partial charge < -0.3 is 0 Å². The summed E-state index contributed by atoms with van der Waals surface area (Å²) in [6.45, 7) is 3.03. The first kappa shape index (κ1) is 13.0. The molecular weight excluding hydrogens is 285 g/mol. The normalized spacial score (nSPS) is 12.3. The van der Waals surface area contributed by atoms with Crippen LogP contribution in [0, 0.1) is 11.3 Å². The number of pyridine rings is 1. The van der Waals surface area contributed by atoms with Crippen molar-refractivity contribution in [1.82, 2.24) is 4.98 Å². The van der Waals surface area contributed by atoms with Crippen LogP contribution in [-0.4, -0.2) is 4.98 Å². The molecule has 0 fully saturated rings. The number of alkyl halides is 3. The van der Waals surface area contributed by atoms with Crippen LogP contribution in [0.5, 0.6) is 0 Å². The summed E-state index contributed by atoms with van der Waals surface area (Å²) in [5.41, 5.74) is -1.77. The zero-order valence-electron chi connectivity index (χ0n) is 8.56. The molecule has 0 bridgehead atoms. The van der Waals surface area contributed by atoms with Gasteiger partial charge in [-0.1, -0.05) is 0 Å². The van der Waals surface area contributed by atoms with Crippen LogP contribution in [0.3, 0.4) is 0 Å². The van der Waals surface area contributed by atoms with Crippen molar-refractivity contribution in [3.05, 3.63) is 28.0 Å². The summed E-state index contributed by atoms with van der Waals surface area (Å²) < 4.78 is 37.6. The molecule has 0 aromatic carbocycles. The van der Waals surface area contributed by atoms with Gasteiger partial charge in [-0.3, -0.25) is 0 Å². The van der Waals surface area contributed by atoms with E-state index >= 15 is 0 Å². The molecule has 2 nitrogen and oxygen atoms in total. The lowest BCUT2D eigenvalue weighted by Gasteiger charge is -2.17. The van der Waals surface area contributed by atoms with Gasteiger partial charge in [0.15, 0.2) is 0 Å². The highest BCUT2D eigenvalue weighted by atomic mass is 79.9. The number of hydrogen-bond acceptors (Lipinski definition) is 2. The molecule has 1 aromatic rings. The minimum absolute atomic E-state index is 0.0700. The summed E-state index contributed by atoms with van der Waals surface area (Å²) in [5.74, 6) is 0. The number of aromatic nitrogens is 1. The van der Waals surface area contributed by atoms with E-state index in [9.17, 15) is 13.2 Å². The quantitative estimate of drug-likeness (QED) is 0.741. The Bertz CT molecular complexity index is 446. The van der Waals surface area contributed by atoms with E-state index < -0.39 is 17.2 Å². The molecule has 0 spiro atoms. The lowest BCUT2D eigenvalue weighted by Crippen LogP contribution is -2.18. The molecule has 0 atom stereocenters. The van der Waals surface area contributed by atoms with Crippen LogP contribution in [-0.2, 0) is 11.6 Å². The smallest absolute Gasteiger partial charge is 0.244 e. The van der Waals surface area contributed by atoms with Crippen molar-refractivity contribution in [2.24, 2.45) is 0 Å². The van der Waals surface area contributed by atoms with E-state index in [0.29, 0.717) is 0 Å². The number of nitriles is 1. The van der Waals surface area contributed by atoms with Crippen LogP contribution >= 0.6 is 15.9 Å². The Balaban J connectivity index is 3.36. The maximum Gasteiger partial charge on any atom is 0.416 e. The molecule has 0 saturated carbocycles. The van der Waals surface area contributed by atoms with Gasteiger partial charge in [-0.05, 0) is 41.9 Å². The summed E-state index contributed by atoms with van der Waals surface area (Å²) in [4.78, 5) is 3.88. The van der Waals surface area contributed by atoms with Crippen molar-refractivity contribution in [3.63, 3.8) is 0 Å². The average molecular weight is 293 g/mol. The molecule has 1 aromatic heterocycles. The molecule has 0 aliphatic rings. The zero-order valence-corrected chi connectivity index (χ0v) is 10.1. The summed E-state index contributed by atoms with van der Waals surface area (Å²) in [6.07, 6.45) is -4.44. The predicted octanol–water partition coefficient (Wildman–Crippen LogP) is 3.66. The van der Waals surface area contributed by atoms with Gasteiger partial charge >= 0.3 is 6.18 Å². The summed E-state index contributed by atoms with van der Waals surface area (Å²) >= 11 is 2.91. The fourth-order valence-corrected chi connectivity index (χ4v) is 1.48. The Kier molecular flexibility index (Phi) is 3.29. The average Bonchev–Trinajstić information content (AvgIpc) is 2.15. The van der Waals surface area contributed by atoms with E-state index in [1.165, 1.54) is 13.8 Å². The van der Waals surface area contributed by atoms with E-state index in [-0.39, 0.29) is 10.3 Å². The Labute approximate surface area is 99.2 Å². The first-order valence-electron chi connectivity index (χ1n) is 4.33. The van der Waals surface area contributed by atoms with Gasteiger partial charge in [0, 0.05) is 0 Å². The molecule has 0 saturated heterocycles. The van der Waals surface area contributed by atoms with E-state index in [4.69, 9.17) is 5.26 Å². The molecule has 0 unspecified atom stereocenters. The Morgan fingerprint density at radius 3 is 2.31 bits per heavy atom. The van der Waals surface area contributed by atoms with Crippen LogP contribution in [0.15, 0.2) is 16.7 Å². The van der Waals surface area contributed by atoms with E-state index in [1.54, 1.807) is 0 Å². The van der Waals surface area contributed by atoms with Crippen molar-refractivity contribution < 1.29 is 13.2 Å². The van der Waals surface area contributed by atoms with Gasteiger partial charge in [-0.2, -0.15) is 18.4 Å². The third-order valence-electron chi connectivity index (χ3n) is 2.04. The Morgan fingerprint density at radius 1 is 1.31 bits per heavy atom. The highest BCUT2D eigenvalue weighted by Gasteiger charge is 2.33. The summed E-state index contributed by atoms with van der Waals surface area (Å²) in [5, 5.41) is 8.85. The first-order chi connectivity index (χ1) is 7.16. The largest absolute Gasteiger partial charge is 0.416 e. The van der Waals surface area contributed by atoms with Crippen molar-refractivity contribution in [1.29, 1.82) is 5.26 Å². The van der Waals surface area contributed by atoms with Gasteiger partial charge in [0.2, 0.25) is 0 Å². The van der Waals surface area contributed by atoms with Gasteiger partial charge in [0.25, 0.3) is 0 Å². The third kappa shape index (κ3) is 2.73. The standard InChI is InChI=1S/C10H8BrF3N2/c1-9(2,5-15)7-3-6(10(12,13)14)4-8(11)16-7/h3-4H,1-2H3. The van der Waals surface area contributed by atoms with Gasteiger partial charge in [-0.25, -0.2) is 4.98 Å². The molecule has 86 valence electrons. The molecule has 0 N–H and O–H groups in total. The Morgan fingerprint density at radius 2 is 1.88 bits per heavy atom. The molecule has 0 aliphatic carbocycles. The van der Waals surface area contributed by atoms with Gasteiger partial charge in [0.1, 0.15) is 4.60 Å². The molecule has 16 heavy (non-hydrogen) atoms. The highest BCUT2D eigenvalue weighted by Crippen LogP contribution is 2.33. The van der Waals surface area contributed by atoms with Crippen LogP contribution in [0.4, 0.5) is 13.2 Å². The molecule has 1 rings (SSSR count). The second-order valence-electron chi connectivity index (χ2n) is 3.80. The lowest BCUT2D eigenvalue weighted by molar-refractivity contribution is -0.137. The molecule has 0 aliphatic heterocycles. The van der Waals surface area contributed by atoms with Crippen LogP contribution in [0.25, 0.3) is 0 Å². The predicted molar refractivity (Wildman–Crippen MR) is 55.6 cm³/mol. The second-order valence-corrected chi connectivity index (χ2v) is 4.61. The van der Waals surface area contributed by atoms with Crippen molar-refractivity contribution >= 4 is 15.9 Å². The van der Waals surface area contributed by atoms with E-state index in [2.05, 4.69) is 20.9 Å². The maximum absolute atomic E-state index is 12.5. The second kappa shape index (κ2) is 4.06. The molecule has 0 radical (unpaired) electrons. The molecule has 6 heteroatoms. The van der Waals surface area contributed by atoms with Crippen LogP contribution < -0.4 is 0 Å². The number of rotatable bonds is 1. The fraction of sp³-hybridized carbons (Fsp3) is 0.400. The third-order valence-corrected chi connectivity index (χ3v) is 2.45. The number of hydrogen-bond donors (Lipinski definition) is 0. The van der Waals surface area contributed by atoms with Crippen molar-refractivity contribution in [2.75, 3.05) is 0 Å². The number of halogens is 4. The van der Waals surface area contributed by atoms with Gasteiger partial charge in [-0.15, -0.1) is 0 Å². The molecular formula is C10H8BrF3N2.